The fourth-order valence-corrected chi connectivity index (χ4v) is 2.88. The number of hydrogen-bond donors (Lipinski definition) is 2. The molecule has 0 aromatic rings. The summed E-state index contributed by atoms with van der Waals surface area (Å²) >= 11 is 0. The Labute approximate surface area is 121 Å². The molecule has 0 aliphatic carbocycles. The number of nitrogens with zero attached hydrogens (tertiary/aromatic N) is 1. The van der Waals surface area contributed by atoms with Gasteiger partial charge in [-0.25, -0.2) is 9.59 Å². The van der Waals surface area contributed by atoms with Crippen molar-refractivity contribution >= 4 is 12.0 Å². The number of amides is 2. The van der Waals surface area contributed by atoms with Crippen LogP contribution in [0.25, 0.3) is 0 Å². The first-order chi connectivity index (χ1) is 9.35. The molecular formula is C15H28N2O3. The highest BCUT2D eigenvalue weighted by molar-refractivity contribution is 5.82. The highest BCUT2D eigenvalue weighted by Crippen LogP contribution is 2.37. The van der Waals surface area contributed by atoms with Crippen molar-refractivity contribution in [2.45, 2.75) is 59.4 Å². The third kappa shape index (κ3) is 3.87. The summed E-state index contributed by atoms with van der Waals surface area (Å²) in [7, 11) is 0. The van der Waals surface area contributed by atoms with Gasteiger partial charge in [0, 0.05) is 13.1 Å². The normalized spacial score (nSPS) is 19.8. The molecule has 0 aromatic heterocycles. The van der Waals surface area contributed by atoms with Crippen molar-refractivity contribution in [3.05, 3.63) is 0 Å². The number of aliphatic carboxylic acids is 1. The molecule has 1 fully saturated rings. The standard InChI is InChI=1S/C15H28N2O3/c1-5-15(6-2)7-9-17(10-8-15)14(20)16-12(11(3)4)13(18)19/h11-12H,5-10H2,1-4H3,(H,16,20)(H,18,19)/t12-/m1/s1. The molecule has 0 bridgehead atoms. The number of urea groups is 1. The van der Waals surface area contributed by atoms with Gasteiger partial charge in [-0.2, -0.15) is 0 Å². The number of piperidine rings is 1. The Bertz CT molecular complexity index is 341. The third-order valence-corrected chi connectivity index (χ3v) is 4.82. The van der Waals surface area contributed by atoms with Gasteiger partial charge in [0.1, 0.15) is 6.04 Å². The van der Waals surface area contributed by atoms with Crippen molar-refractivity contribution in [2.75, 3.05) is 13.1 Å². The minimum atomic E-state index is -0.971. The van der Waals surface area contributed by atoms with Gasteiger partial charge in [0.25, 0.3) is 0 Å². The van der Waals surface area contributed by atoms with Gasteiger partial charge in [-0.05, 0) is 24.2 Å². The maximum absolute atomic E-state index is 12.2. The van der Waals surface area contributed by atoms with Crippen LogP contribution in [0.5, 0.6) is 0 Å². The van der Waals surface area contributed by atoms with E-state index in [0.29, 0.717) is 5.41 Å². The second-order valence-electron chi connectivity index (χ2n) is 6.20. The average Bonchev–Trinajstić information content (AvgIpc) is 2.43. The number of carboxylic acid groups (broad SMARTS) is 1. The summed E-state index contributed by atoms with van der Waals surface area (Å²) in [5, 5.41) is 11.8. The quantitative estimate of drug-likeness (QED) is 0.815. The number of likely N-dealkylation sites (tertiary alicyclic amines) is 1. The van der Waals surface area contributed by atoms with Crippen molar-refractivity contribution in [1.82, 2.24) is 10.2 Å². The van der Waals surface area contributed by atoms with Crippen molar-refractivity contribution in [2.24, 2.45) is 11.3 Å². The first-order valence-electron chi connectivity index (χ1n) is 7.63. The molecule has 0 spiro atoms. The summed E-state index contributed by atoms with van der Waals surface area (Å²) in [6, 6.07) is -1.06. The van der Waals surface area contributed by atoms with Gasteiger partial charge in [0.2, 0.25) is 0 Å². The Kier molecular flexibility index (Phi) is 5.84. The molecule has 1 rings (SSSR count). The van der Waals surface area contributed by atoms with Gasteiger partial charge in [0.15, 0.2) is 0 Å². The lowest BCUT2D eigenvalue weighted by Crippen LogP contribution is -2.53. The Hall–Kier alpha value is -1.26. The average molecular weight is 284 g/mol. The second kappa shape index (κ2) is 6.95. The molecule has 1 aliphatic heterocycles. The van der Waals surface area contributed by atoms with E-state index in [0.717, 1.165) is 38.8 Å². The van der Waals surface area contributed by atoms with Gasteiger partial charge < -0.3 is 15.3 Å². The van der Waals surface area contributed by atoms with Crippen molar-refractivity contribution in [3.8, 4) is 0 Å². The van der Waals surface area contributed by atoms with E-state index < -0.39 is 12.0 Å². The molecular weight excluding hydrogens is 256 g/mol. The zero-order chi connectivity index (χ0) is 15.3. The first-order valence-corrected chi connectivity index (χ1v) is 7.63. The van der Waals surface area contributed by atoms with Crippen LogP contribution < -0.4 is 5.32 Å². The van der Waals surface area contributed by atoms with Crippen LogP contribution in [0, 0.1) is 11.3 Å². The van der Waals surface area contributed by atoms with Gasteiger partial charge >= 0.3 is 12.0 Å². The summed E-state index contributed by atoms with van der Waals surface area (Å²) in [6.45, 7) is 9.45. The van der Waals surface area contributed by atoms with E-state index in [4.69, 9.17) is 5.11 Å². The number of carbonyl (C=O) groups is 2. The highest BCUT2D eigenvalue weighted by Gasteiger charge is 2.34. The maximum Gasteiger partial charge on any atom is 0.326 e. The molecule has 0 radical (unpaired) electrons. The minimum Gasteiger partial charge on any atom is -0.480 e. The number of hydrogen-bond acceptors (Lipinski definition) is 2. The lowest BCUT2D eigenvalue weighted by Gasteiger charge is -2.41. The number of rotatable bonds is 5. The summed E-state index contributed by atoms with van der Waals surface area (Å²) in [5.41, 5.74) is 0.362. The molecule has 0 saturated carbocycles. The zero-order valence-corrected chi connectivity index (χ0v) is 13.1. The van der Waals surface area contributed by atoms with E-state index in [9.17, 15) is 9.59 Å². The summed E-state index contributed by atoms with van der Waals surface area (Å²) in [5.74, 6) is -1.09. The van der Waals surface area contributed by atoms with Crippen LogP contribution in [-0.4, -0.2) is 41.1 Å². The van der Waals surface area contributed by atoms with E-state index in [1.807, 2.05) is 0 Å². The van der Waals surface area contributed by atoms with Gasteiger partial charge in [-0.15, -0.1) is 0 Å². The topological polar surface area (TPSA) is 69.6 Å². The molecule has 1 aliphatic rings. The fourth-order valence-electron chi connectivity index (χ4n) is 2.88. The van der Waals surface area contributed by atoms with Crippen LogP contribution in [0.1, 0.15) is 53.4 Å². The summed E-state index contributed by atoms with van der Waals surface area (Å²) < 4.78 is 0. The Morgan fingerprint density at radius 2 is 1.70 bits per heavy atom. The van der Waals surface area contributed by atoms with Crippen molar-refractivity contribution in [1.29, 1.82) is 0 Å². The number of carbonyl (C=O) groups excluding carboxylic acids is 1. The predicted octanol–water partition coefficient (Wildman–Crippen LogP) is 2.71. The Morgan fingerprint density at radius 1 is 1.20 bits per heavy atom. The lowest BCUT2D eigenvalue weighted by molar-refractivity contribution is -0.140. The van der Waals surface area contributed by atoms with Crippen LogP contribution in [0.4, 0.5) is 4.79 Å². The third-order valence-electron chi connectivity index (χ3n) is 4.82. The van der Waals surface area contributed by atoms with E-state index in [1.165, 1.54) is 0 Å². The summed E-state index contributed by atoms with van der Waals surface area (Å²) in [4.78, 5) is 25.0. The maximum atomic E-state index is 12.2. The van der Waals surface area contributed by atoms with E-state index in [1.54, 1.807) is 18.7 Å². The number of carboxylic acids is 1. The van der Waals surface area contributed by atoms with Gasteiger partial charge in [-0.1, -0.05) is 40.5 Å². The van der Waals surface area contributed by atoms with Gasteiger partial charge in [-0.3, -0.25) is 0 Å². The fraction of sp³-hybridized carbons (Fsp3) is 0.867. The van der Waals surface area contributed by atoms with Crippen molar-refractivity contribution in [3.63, 3.8) is 0 Å². The van der Waals surface area contributed by atoms with E-state index in [2.05, 4.69) is 19.2 Å². The highest BCUT2D eigenvalue weighted by atomic mass is 16.4. The molecule has 2 amide bonds. The molecule has 1 heterocycles. The van der Waals surface area contributed by atoms with E-state index >= 15 is 0 Å². The van der Waals surface area contributed by atoms with Crippen LogP contribution in [-0.2, 0) is 4.79 Å². The Balaban J connectivity index is 2.56. The first kappa shape index (κ1) is 16.8. The zero-order valence-electron chi connectivity index (χ0n) is 13.1. The second-order valence-corrected chi connectivity index (χ2v) is 6.20. The molecule has 5 heteroatoms. The number of nitrogens with one attached hydrogen (secondary N) is 1. The van der Waals surface area contributed by atoms with Crippen molar-refractivity contribution < 1.29 is 14.7 Å². The minimum absolute atomic E-state index is 0.119. The largest absolute Gasteiger partial charge is 0.480 e. The smallest absolute Gasteiger partial charge is 0.326 e. The Morgan fingerprint density at radius 3 is 2.05 bits per heavy atom. The molecule has 1 saturated heterocycles. The molecule has 1 atom stereocenters. The molecule has 0 unspecified atom stereocenters. The molecule has 2 N–H and O–H groups in total. The summed E-state index contributed by atoms with van der Waals surface area (Å²) in [6.07, 6.45) is 4.30. The molecule has 0 aromatic carbocycles. The molecule has 5 nitrogen and oxygen atoms in total. The predicted molar refractivity (Wildman–Crippen MR) is 78.6 cm³/mol. The molecule has 20 heavy (non-hydrogen) atoms. The molecule has 116 valence electrons. The van der Waals surface area contributed by atoms with Crippen LogP contribution in [0.2, 0.25) is 0 Å². The van der Waals surface area contributed by atoms with Crippen LogP contribution >= 0.6 is 0 Å². The van der Waals surface area contributed by atoms with E-state index in [-0.39, 0.29) is 11.9 Å². The van der Waals surface area contributed by atoms with Gasteiger partial charge in [0.05, 0.1) is 0 Å². The monoisotopic (exact) mass is 284 g/mol. The lowest BCUT2D eigenvalue weighted by atomic mass is 9.74. The van der Waals surface area contributed by atoms with Crippen LogP contribution in [0.15, 0.2) is 0 Å². The SMILES string of the molecule is CCC1(CC)CCN(C(=O)N[C@@H](C(=O)O)C(C)C)CC1. The van der Waals surface area contributed by atoms with Crippen LogP contribution in [0.3, 0.4) is 0 Å².